The Morgan fingerprint density at radius 3 is 2.57 bits per heavy atom. The van der Waals surface area contributed by atoms with Crippen molar-refractivity contribution in [1.82, 2.24) is 5.32 Å². The van der Waals surface area contributed by atoms with E-state index in [9.17, 15) is 14.7 Å². The Kier molecular flexibility index (Phi) is 5.20. The van der Waals surface area contributed by atoms with Gasteiger partial charge in [-0.15, -0.1) is 5.10 Å². The minimum atomic E-state index is -1.26. The average molecular weight is 332 g/mol. The molecule has 0 aliphatic carbocycles. The summed E-state index contributed by atoms with van der Waals surface area (Å²) in [4.78, 5) is 22.1. The van der Waals surface area contributed by atoms with Gasteiger partial charge in [0.1, 0.15) is 0 Å². The molecule has 2 rings (SSSR count). The number of amidine groups is 1. The maximum Gasteiger partial charge on any atom is 0.239 e. The number of carbonyl (C=O) groups is 2. The van der Waals surface area contributed by atoms with Crippen molar-refractivity contribution in [2.24, 2.45) is 10.2 Å². The summed E-state index contributed by atoms with van der Waals surface area (Å²) in [5, 5.41) is 20.4. The monoisotopic (exact) mass is 332 g/mol. The number of hydrogen-bond acceptors (Lipinski definition) is 6. The summed E-state index contributed by atoms with van der Waals surface area (Å²) in [7, 11) is 0. The second-order valence-electron chi connectivity index (χ2n) is 6.19. The summed E-state index contributed by atoms with van der Waals surface area (Å²) in [6.07, 6.45) is 1.24. The molecule has 0 spiro atoms. The van der Waals surface area contributed by atoms with Crippen molar-refractivity contribution in [3.8, 4) is 0 Å². The van der Waals surface area contributed by atoms with Gasteiger partial charge < -0.3 is 15.2 Å². The van der Waals surface area contributed by atoms with E-state index in [0.717, 1.165) is 17.3 Å². The minimum absolute atomic E-state index is 0.0919. The highest BCUT2D eigenvalue weighted by atomic mass is 32.2. The predicted octanol–water partition coefficient (Wildman–Crippen LogP) is 1.05. The van der Waals surface area contributed by atoms with Crippen molar-refractivity contribution in [3.05, 3.63) is 35.4 Å². The number of hydrogen-bond donors (Lipinski definition) is 1. The number of amides is 1. The van der Waals surface area contributed by atoms with Gasteiger partial charge in [-0.05, 0) is 16.5 Å². The van der Waals surface area contributed by atoms with Crippen molar-refractivity contribution in [2.45, 2.75) is 37.9 Å². The predicted molar refractivity (Wildman–Crippen MR) is 89.3 cm³/mol. The van der Waals surface area contributed by atoms with Crippen molar-refractivity contribution >= 4 is 35.0 Å². The van der Waals surface area contributed by atoms with Gasteiger partial charge in [0.2, 0.25) is 5.91 Å². The van der Waals surface area contributed by atoms with E-state index in [1.54, 1.807) is 6.21 Å². The van der Waals surface area contributed by atoms with Crippen LogP contribution < -0.4 is 10.4 Å². The summed E-state index contributed by atoms with van der Waals surface area (Å²) in [6.45, 7) is 6.43. The van der Waals surface area contributed by atoms with Crippen LogP contribution in [0, 0.1) is 0 Å². The molecule has 1 aromatic rings. The zero-order chi connectivity index (χ0) is 17.0. The smallest absolute Gasteiger partial charge is 0.239 e. The lowest BCUT2D eigenvalue weighted by atomic mass is 9.87. The average Bonchev–Trinajstić information content (AvgIpc) is 2.78. The molecule has 1 amide bonds. The number of carboxylic acid groups (broad SMARTS) is 1. The van der Waals surface area contributed by atoms with Crippen LogP contribution in [0.15, 0.2) is 34.5 Å². The summed E-state index contributed by atoms with van der Waals surface area (Å²) >= 11 is 1.04. The number of carboxylic acids is 1. The van der Waals surface area contributed by atoms with Gasteiger partial charge >= 0.3 is 0 Å². The van der Waals surface area contributed by atoms with Gasteiger partial charge in [-0.2, -0.15) is 5.10 Å². The number of benzene rings is 1. The molecule has 23 heavy (non-hydrogen) atoms. The van der Waals surface area contributed by atoms with Crippen LogP contribution >= 0.6 is 11.8 Å². The number of nitrogens with zero attached hydrogens (tertiary/aromatic N) is 2. The van der Waals surface area contributed by atoms with E-state index >= 15 is 0 Å². The fourth-order valence-electron chi connectivity index (χ4n) is 1.96. The van der Waals surface area contributed by atoms with Crippen LogP contribution in [0.4, 0.5) is 0 Å². The molecular formula is C16H18N3O3S-. The molecule has 1 fully saturated rings. The highest BCUT2D eigenvalue weighted by Crippen LogP contribution is 2.23. The lowest BCUT2D eigenvalue weighted by Gasteiger charge is -2.18. The van der Waals surface area contributed by atoms with Gasteiger partial charge in [-0.1, -0.05) is 56.8 Å². The van der Waals surface area contributed by atoms with E-state index in [1.165, 1.54) is 5.56 Å². The molecular weight excluding hydrogens is 314 g/mol. The SMILES string of the molecule is CC(C)(C)c1ccc(/C=N/N=C2\NC(=O)C(CC(=O)[O-])S2)cc1. The number of aliphatic carboxylic acids is 1. The molecule has 122 valence electrons. The Hall–Kier alpha value is -2.15. The Bertz CT molecular complexity index is 660. The van der Waals surface area contributed by atoms with Crippen molar-refractivity contribution in [1.29, 1.82) is 0 Å². The first-order valence-corrected chi connectivity index (χ1v) is 8.02. The third-order valence-corrected chi connectivity index (χ3v) is 4.33. The molecule has 6 nitrogen and oxygen atoms in total. The largest absolute Gasteiger partial charge is 0.550 e. The first-order valence-electron chi connectivity index (χ1n) is 7.14. The zero-order valence-corrected chi connectivity index (χ0v) is 14.0. The first-order chi connectivity index (χ1) is 10.8. The van der Waals surface area contributed by atoms with Gasteiger partial charge in [0.25, 0.3) is 0 Å². The standard InChI is InChI=1S/C16H19N3O3S/c1-16(2,3)11-6-4-10(5-7-11)9-17-19-15-18-14(22)12(23-15)8-13(20)21/h4-7,9,12H,8H2,1-3H3,(H,20,21)(H,18,19,22)/p-1/b17-9+. The second kappa shape index (κ2) is 6.95. The third-order valence-electron chi connectivity index (χ3n) is 3.26. The molecule has 0 aromatic heterocycles. The Morgan fingerprint density at radius 1 is 1.35 bits per heavy atom. The number of carbonyl (C=O) groups excluding carboxylic acids is 2. The maximum atomic E-state index is 11.5. The maximum absolute atomic E-state index is 11.5. The first kappa shape index (κ1) is 17.2. The number of rotatable bonds is 4. The van der Waals surface area contributed by atoms with Gasteiger partial charge in [-0.3, -0.25) is 4.79 Å². The van der Waals surface area contributed by atoms with E-state index in [4.69, 9.17) is 0 Å². The summed E-state index contributed by atoms with van der Waals surface area (Å²) in [6, 6.07) is 7.97. The summed E-state index contributed by atoms with van der Waals surface area (Å²) in [5.41, 5.74) is 2.21. The normalized spacial score (nSPS) is 20.2. The molecule has 1 aromatic carbocycles. The molecule has 1 saturated heterocycles. The number of thioether (sulfide) groups is 1. The summed E-state index contributed by atoms with van der Waals surface area (Å²) < 4.78 is 0. The van der Waals surface area contributed by atoms with E-state index in [2.05, 4.69) is 36.3 Å². The molecule has 1 aliphatic heterocycles. The second-order valence-corrected chi connectivity index (χ2v) is 7.39. The molecule has 0 saturated carbocycles. The Morgan fingerprint density at radius 2 is 2.00 bits per heavy atom. The fraction of sp³-hybridized carbons (Fsp3) is 0.375. The molecule has 1 aliphatic rings. The van der Waals surface area contributed by atoms with Crippen LogP contribution in [0.25, 0.3) is 0 Å². The molecule has 0 bridgehead atoms. The van der Waals surface area contributed by atoms with Gasteiger partial charge in [-0.25, -0.2) is 0 Å². The van der Waals surface area contributed by atoms with Crippen LogP contribution in [-0.4, -0.2) is 28.5 Å². The van der Waals surface area contributed by atoms with Gasteiger partial charge in [0.05, 0.1) is 11.5 Å². The molecule has 1 N–H and O–H groups in total. The van der Waals surface area contributed by atoms with Gasteiger partial charge in [0, 0.05) is 12.4 Å². The Balaban J connectivity index is 1.99. The molecule has 7 heteroatoms. The van der Waals surface area contributed by atoms with Crippen LogP contribution in [-0.2, 0) is 15.0 Å². The van der Waals surface area contributed by atoms with Crippen LogP contribution in [0.2, 0.25) is 0 Å². The third kappa shape index (κ3) is 4.92. The highest BCUT2D eigenvalue weighted by molar-refractivity contribution is 8.15. The minimum Gasteiger partial charge on any atom is -0.550 e. The Labute approximate surface area is 139 Å². The topological polar surface area (TPSA) is 94.0 Å². The van der Waals surface area contributed by atoms with Crippen molar-refractivity contribution in [2.75, 3.05) is 0 Å². The van der Waals surface area contributed by atoms with Crippen LogP contribution in [0.5, 0.6) is 0 Å². The van der Waals surface area contributed by atoms with Crippen LogP contribution in [0.1, 0.15) is 38.3 Å². The van der Waals surface area contributed by atoms with E-state index < -0.39 is 11.2 Å². The quantitative estimate of drug-likeness (QED) is 0.658. The molecule has 0 radical (unpaired) electrons. The molecule has 1 atom stereocenters. The lowest BCUT2D eigenvalue weighted by Crippen LogP contribution is -2.31. The molecule has 1 heterocycles. The summed E-state index contributed by atoms with van der Waals surface area (Å²) in [5.74, 6) is -1.65. The highest BCUT2D eigenvalue weighted by Gasteiger charge is 2.30. The number of nitrogens with one attached hydrogen (secondary N) is 1. The van der Waals surface area contributed by atoms with Gasteiger partial charge in [0.15, 0.2) is 5.17 Å². The lowest BCUT2D eigenvalue weighted by molar-refractivity contribution is -0.305. The zero-order valence-electron chi connectivity index (χ0n) is 13.2. The van der Waals surface area contributed by atoms with Crippen molar-refractivity contribution < 1.29 is 14.7 Å². The van der Waals surface area contributed by atoms with E-state index in [0.29, 0.717) is 5.17 Å². The van der Waals surface area contributed by atoms with E-state index in [-0.39, 0.29) is 17.7 Å². The van der Waals surface area contributed by atoms with Crippen molar-refractivity contribution in [3.63, 3.8) is 0 Å². The molecule has 1 unspecified atom stereocenters. The van der Waals surface area contributed by atoms with E-state index in [1.807, 2.05) is 24.3 Å². The van der Waals surface area contributed by atoms with Crippen LogP contribution in [0.3, 0.4) is 0 Å². The fourth-order valence-corrected chi connectivity index (χ4v) is 2.86.